The summed E-state index contributed by atoms with van der Waals surface area (Å²) in [7, 11) is 1.29. The molecular weight excluding hydrogens is 394 g/mol. The number of methoxy groups -OCH3 is 1. The molecule has 0 radical (unpaired) electrons. The molecule has 0 spiro atoms. The van der Waals surface area contributed by atoms with Crippen LogP contribution in [0.5, 0.6) is 0 Å². The molecule has 2 aromatic heterocycles. The van der Waals surface area contributed by atoms with Crippen LogP contribution in [0.3, 0.4) is 0 Å². The van der Waals surface area contributed by atoms with Gasteiger partial charge >= 0.3 is 5.97 Å². The molecule has 0 aliphatic rings. The third-order valence-corrected chi connectivity index (χ3v) is 5.11. The lowest BCUT2D eigenvalue weighted by atomic mass is 10.0. The van der Waals surface area contributed by atoms with E-state index >= 15 is 0 Å². The van der Waals surface area contributed by atoms with E-state index in [1.54, 1.807) is 44.3 Å². The summed E-state index contributed by atoms with van der Waals surface area (Å²) >= 11 is 0. The van der Waals surface area contributed by atoms with Gasteiger partial charge in [0.2, 0.25) is 0 Å². The number of pyridine rings is 1. The fourth-order valence-electron chi connectivity index (χ4n) is 3.54. The van der Waals surface area contributed by atoms with Crippen LogP contribution in [0.4, 0.5) is 0 Å². The maximum atomic E-state index is 13.2. The van der Waals surface area contributed by atoms with Gasteiger partial charge in [-0.25, -0.2) is 4.79 Å². The number of nitrogens with zero attached hydrogens (tertiary/aromatic N) is 2. The van der Waals surface area contributed by atoms with Crippen molar-refractivity contribution in [2.45, 2.75) is 20.3 Å². The highest BCUT2D eigenvalue weighted by Gasteiger charge is 2.26. The number of carbonyl (C=O) groups is 3. The van der Waals surface area contributed by atoms with Crippen LogP contribution in [0.25, 0.3) is 0 Å². The average molecular weight is 419 g/mol. The number of H-pyrrole nitrogens is 1. The van der Waals surface area contributed by atoms with Crippen molar-refractivity contribution in [1.82, 2.24) is 14.9 Å². The molecule has 0 fully saturated rings. The lowest BCUT2D eigenvalue weighted by molar-refractivity contribution is 0.0593. The predicted octanol–water partition coefficient (Wildman–Crippen LogP) is 3.38. The maximum absolute atomic E-state index is 13.2. The zero-order chi connectivity index (χ0) is 22.4. The van der Waals surface area contributed by atoms with E-state index in [0.717, 1.165) is 5.69 Å². The molecule has 0 saturated carbocycles. The first kappa shape index (κ1) is 22.0. The number of nitrogens with one attached hydrogen (secondary N) is 1. The Bertz CT molecular complexity index is 1070. The number of hydrogen-bond acceptors (Lipinski definition) is 5. The molecule has 160 valence electrons. The van der Waals surface area contributed by atoms with Gasteiger partial charge in [0.25, 0.3) is 5.91 Å². The Kier molecular flexibility index (Phi) is 6.97. The molecule has 2 heterocycles. The number of rotatable bonds is 8. The lowest BCUT2D eigenvalue weighted by Gasteiger charge is -2.22. The van der Waals surface area contributed by atoms with E-state index in [1.165, 1.54) is 12.0 Å². The van der Waals surface area contributed by atoms with Crippen molar-refractivity contribution in [2.24, 2.45) is 0 Å². The van der Waals surface area contributed by atoms with Crippen LogP contribution in [0.1, 0.15) is 48.2 Å². The standard InChI is InChI=1S/C24H25N3O4/c1-16-21(17(2)26-22(16)24(30)31-3)20(28)15-27(14-12-19-11-7-8-13-25-19)23(29)18-9-5-4-6-10-18/h4-11,13,26H,12,14-15H2,1-3H3. The van der Waals surface area contributed by atoms with Crippen LogP contribution in [-0.4, -0.2) is 52.7 Å². The molecule has 7 nitrogen and oxygen atoms in total. The van der Waals surface area contributed by atoms with Crippen LogP contribution < -0.4 is 0 Å². The summed E-state index contributed by atoms with van der Waals surface area (Å²) in [6.45, 7) is 3.65. The minimum atomic E-state index is -0.535. The fraction of sp³-hybridized carbons (Fsp3) is 0.250. The van der Waals surface area contributed by atoms with Crippen LogP contribution in [0.15, 0.2) is 54.7 Å². The van der Waals surface area contributed by atoms with Crippen molar-refractivity contribution < 1.29 is 19.1 Å². The molecule has 7 heteroatoms. The minimum absolute atomic E-state index is 0.110. The molecule has 1 amide bonds. The summed E-state index contributed by atoms with van der Waals surface area (Å²) in [5.74, 6) is -1.01. The van der Waals surface area contributed by atoms with Crippen molar-refractivity contribution in [2.75, 3.05) is 20.2 Å². The summed E-state index contributed by atoms with van der Waals surface area (Å²) in [6.07, 6.45) is 2.22. The minimum Gasteiger partial charge on any atom is -0.464 e. The number of amides is 1. The lowest BCUT2D eigenvalue weighted by Crippen LogP contribution is -2.37. The van der Waals surface area contributed by atoms with E-state index in [4.69, 9.17) is 4.74 Å². The van der Waals surface area contributed by atoms with E-state index in [1.807, 2.05) is 24.3 Å². The van der Waals surface area contributed by atoms with E-state index in [9.17, 15) is 14.4 Å². The molecule has 1 aromatic carbocycles. The van der Waals surface area contributed by atoms with Crippen molar-refractivity contribution in [3.63, 3.8) is 0 Å². The quantitative estimate of drug-likeness (QED) is 0.446. The second-order valence-electron chi connectivity index (χ2n) is 7.20. The molecule has 0 aliphatic heterocycles. The number of aromatic nitrogens is 2. The number of ether oxygens (including phenoxy) is 1. The van der Waals surface area contributed by atoms with E-state index < -0.39 is 5.97 Å². The summed E-state index contributed by atoms with van der Waals surface area (Å²) in [5.41, 5.74) is 3.09. The van der Waals surface area contributed by atoms with Crippen molar-refractivity contribution in [1.29, 1.82) is 0 Å². The Hall–Kier alpha value is -3.74. The number of Topliss-reactive ketones (excluding diaryl/α,β-unsaturated/α-hetero) is 1. The first-order chi connectivity index (χ1) is 14.9. The first-order valence-corrected chi connectivity index (χ1v) is 9.97. The third-order valence-electron chi connectivity index (χ3n) is 5.11. The zero-order valence-corrected chi connectivity index (χ0v) is 17.8. The van der Waals surface area contributed by atoms with Gasteiger partial charge in [0.1, 0.15) is 5.69 Å². The molecule has 3 aromatic rings. The van der Waals surface area contributed by atoms with Gasteiger partial charge in [-0.05, 0) is 43.7 Å². The van der Waals surface area contributed by atoms with Crippen LogP contribution in [-0.2, 0) is 11.2 Å². The number of benzene rings is 1. The Balaban J connectivity index is 1.85. The van der Waals surface area contributed by atoms with Gasteiger partial charge in [-0.1, -0.05) is 24.3 Å². The Morgan fingerprint density at radius 1 is 1.03 bits per heavy atom. The molecule has 0 saturated heterocycles. The summed E-state index contributed by atoms with van der Waals surface area (Å²) < 4.78 is 4.78. The van der Waals surface area contributed by atoms with Gasteiger partial charge < -0.3 is 14.6 Å². The summed E-state index contributed by atoms with van der Waals surface area (Å²) in [5, 5.41) is 0. The normalized spacial score (nSPS) is 10.5. The van der Waals surface area contributed by atoms with E-state index in [0.29, 0.717) is 35.3 Å². The second kappa shape index (κ2) is 9.84. The number of aromatic amines is 1. The average Bonchev–Trinajstić information content (AvgIpc) is 3.10. The van der Waals surface area contributed by atoms with Gasteiger partial charge in [-0.3, -0.25) is 14.6 Å². The van der Waals surface area contributed by atoms with Gasteiger partial charge in [-0.2, -0.15) is 0 Å². The largest absolute Gasteiger partial charge is 0.464 e. The van der Waals surface area contributed by atoms with Gasteiger partial charge in [0.15, 0.2) is 5.78 Å². The molecule has 3 rings (SSSR count). The number of carbonyl (C=O) groups excluding carboxylic acids is 3. The van der Waals surface area contributed by atoms with Crippen LogP contribution in [0.2, 0.25) is 0 Å². The molecular formula is C24H25N3O4. The Morgan fingerprint density at radius 2 is 1.74 bits per heavy atom. The molecule has 0 aliphatic carbocycles. The predicted molar refractivity (Wildman–Crippen MR) is 116 cm³/mol. The van der Waals surface area contributed by atoms with Crippen molar-refractivity contribution >= 4 is 17.7 Å². The summed E-state index contributed by atoms with van der Waals surface area (Å²) in [4.78, 5) is 47.0. The van der Waals surface area contributed by atoms with Crippen LogP contribution >= 0.6 is 0 Å². The highest BCUT2D eigenvalue weighted by molar-refractivity contribution is 6.05. The number of esters is 1. The zero-order valence-electron chi connectivity index (χ0n) is 17.8. The number of ketones is 1. The topological polar surface area (TPSA) is 92.4 Å². The smallest absolute Gasteiger partial charge is 0.354 e. The van der Waals surface area contributed by atoms with Gasteiger partial charge in [-0.15, -0.1) is 0 Å². The summed E-state index contributed by atoms with van der Waals surface area (Å²) in [6, 6.07) is 14.5. The molecule has 1 N–H and O–H groups in total. The van der Waals surface area contributed by atoms with Crippen LogP contribution in [0, 0.1) is 13.8 Å². The molecule has 0 bridgehead atoms. The van der Waals surface area contributed by atoms with Crippen molar-refractivity contribution in [3.8, 4) is 0 Å². The van der Waals surface area contributed by atoms with Gasteiger partial charge in [0, 0.05) is 41.7 Å². The SMILES string of the molecule is COC(=O)c1[nH]c(C)c(C(=O)CN(CCc2ccccn2)C(=O)c2ccccc2)c1C. The van der Waals surface area contributed by atoms with E-state index in [2.05, 4.69) is 9.97 Å². The molecule has 0 atom stereocenters. The maximum Gasteiger partial charge on any atom is 0.354 e. The monoisotopic (exact) mass is 419 g/mol. The highest BCUT2D eigenvalue weighted by Crippen LogP contribution is 2.20. The Morgan fingerprint density at radius 3 is 2.39 bits per heavy atom. The Labute approximate surface area is 181 Å². The van der Waals surface area contributed by atoms with E-state index in [-0.39, 0.29) is 23.9 Å². The molecule has 0 unspecified atom stereocenters. The first-order valence-electron chi connectivity index (χ1n) is 9.97. The van der Waals surface area contributed by atoms with Gasteiger partial charge in [0.05, 0.1) is 13.7 Å². The highest BCUT2D eigenvalue weighted by atomic mass is 16.5. The fourth-order valence-corrected chi connectivity index (χ4v) is 3.54. The number of hydrogen-bond donors (Lipinski definition) is 1. The second-order valence-corrected chi connectivity index (χ2v) is 7.20. The third kappa shape index (κ3) is 5.06. The number of aryl methyl sites for hydroxylation is 1. The van der Waals surface area contributed by atoms with Crippen molar-refractivity contribution in [3.05, 3.63) is 88.5 Å². The molecule has 31 heavy (non-hydrogen) atoms.